The van der Waals surface area contributed by atoms with Gasteiger partial charge in [-0.1, -0.05) is 95.3 Å². The molecule has 0 atom stereocenters. The predicted octanol–water partition coefficient (Wildman–Crippen LogP) is 5.76. The highest BCUT2D eigenvalue weighted by atomic mass is 15.1. The second-order valence-corrected chi connectivity index (χ2v) is 4.27. The Balaban J connectivity index is 0.000000921. The number of nitrogens with zero attached hydrogens (tertiary/aromatic N) is 1. The van der Waals surface area contributed by atoms with Gasteiger partial charge >= 0.3 is 0 Å². The van der Waals surface area contributed by atoms with Crippen LogP contribution in [0.15, 0.2) is 60.7 Å². The van der Waals surface area contributed by atoms with Crippen LogP contribution in [-0.4, -0.2) is 11.4 Å². The zero-order valence-electron chi connectivity index (χ0n) is 14.3. The molecule has 0 amide bonds. The zero-order valence-corrected chi connectivity index (χ0v) is 14.3. The summed E-state index contributed by atoms with van der Waals surface area (Å²) in [5.41, 5.74) is 2.76. The molecular formula is C20H31N. The minimum absolute atomic E-state index is 1.02. The fourth-order valence-electron chi connectivity index (χ4n) is 1.96. The van der Waals surface area contributed by atoms with E-state index in [4.69, 9.17) is 0 Å². The van der Waals surface area contributed by atoms with Crippen molar-refractivity contribution < 1.29 is 0 Å². The lowest BCUT2D eigenvalue weighted by Gasteiger charge is -2.20. The molecule has 0 aliphatic rings. The van der Waals surface area contributed by atoms with Crippen molar-refractivity contribution >= 4 is 0 Å². The minimum Gasteiger partial charge on any atom is -0.295 e. The van der Waals surface area contributed by atoms with E-state index in [2.05, 4.69) is 72.5 Å². The van der Waals surface area contributed by atoms with Crippen LogP contribution < -0.4 is 0 Å². The zero-order chi connectivity index (χ0) is 15.9. The highest BCUT2D eigenvalue weighted by Gasteiger charge is 2.03. The van der Waals surface area contributed by atoms with Crippen molar-refractivity contribution in [2.45, 2.75) is 47.7 Å². The maximum Gasteiger partial charge on any atom is 0.0237 e. The largest absolute Gasteiger partial charge is 0.295 e. The van der Waals surface area contributed by atoms with E-state index in [1.54, 1.807) is 0 Å². The monoisotopic (exact) mass is 285 g/mol. The number of rotatable bonds is 5. The maximum absolute atomic E-state index is 2.45. The van der Waals surface area contributed by atoms with E-state index >= 15 is 0 Å². The summed E-state index contributed by atoms with van der Waals surface area (Å²) in [7, 11) is 0. The molecule has 116 valence electrons. The Kier molecular flexibility index (Phi) is 12.4. The van der Waals surface area contributed by atoms with E-state index in [0.29, 0.717) is 0 Å². The lowest BCUT2D eigenvalue weighted by atomic mass is 10.2. The minimum atomic E-state index is 1.02. The van der Waals surface area contributed by atoms with Crippen molar-refractivity contribution in [3.63, 3.8) is 0 Å². The molecule has 0 N–H and O–H groups in total. The van der Waals surface area contributed by atoms with Crippen LogP contribution in [0.1, 0.15) is 45.7 Å². The van der Waals surface area contributed by atoms with Crippen LogP contribution in [-0.2, 0) is 13.1 Å². The second kappa shape index (κ2) is 13.4. The van der Waals surface area contributed by atoms with Crippen LogP contribution in [0.4, 0.5) is 0 Å². The summed E-state index contributed by atoms with van der Waals surface area (Å²) in [6, 6.07) is 21.3. The average Bonchev–Trinajstić information content (AvgIpc) is 2.60. The van der Waals surface area contributed by atoms with Gasteiger partial charge < -0.3 is 0 Å². The number of benzene rings is 2. The van der Waals surface area contributed by atoms with E-state index < -0.39 is 0 Å². The molecule has 0 aromatic heterocycles. The van der Waals surface area contributed by atoms with Gasteiger partial charge in [0.25, 0.3) is 0 Å². The molecule has 1 nitrogen and oxygen atoms in total. The van der Waals surface area contributed by atoms with Gasteiger partial charge in [-0.15, -0.1) is 0 Å². The molecule has 2 rings (SSSR count). The fourth-order valence-corrected chi connectivity index (χ4v) is 1.96. The van der Waals surface area contributed by atoms with Crippen LogP contribution in [0.25, 0.3) is 0 Å². The predicted molar refractivity (Wildman–Crippen MR) is 95.4 cm³/mol. The average molecular weight is 285 g/mol. The molecule has 0 saturated carbocycles. The molecule has 2 aromatic rings. The third kappa shape index (κ3) is 8.31. The van der Waals surface area contributed by atoms with Crippen LogP contribution in [0.2, 0.25) is 0 Å². The van der Waals surface area contributed by atoms with Gasteiger partial charge in [-0.2, -0.15) is 0 Å². The molecule has 1 heteroatoms. The third-order valence-corrected chi connectivity index (χ3v) is 2.95. The van der Waals surface area contributed by atoms with Crippen molar-refractivity contribution in [2.24, 2.45) is 0 Å². The van der Waals surface area contributed by atoms with Gasteiger partial charge in [0.1, 0.15) is 0 Å². The lowest BCUT2D eigenvalue weighted by molar-refractivity contribution is 0.271. The normalized spacial score (nSPS) is 9.24. The number of hydrogen-bond acceptors (Lipinski definition) is 1. The first-order chi connectivity index (χ1) is 10.4. The quantitative estimate of drug-likeness (QED) is 0.675. The van der Waals surface area contributed by atoms with Crippen molar-refractivity contribution in [3.05, 3.63) is 71.8 Å². The summed E-state index contributed by atoms with van der Waals surface area (Å²) in [6.45, 7) is 13.3. The molecule has 0 spiro atoms. The van der Waals surface area contributed by atoms with Crippen LogP contribution >= 0.6 is 0 Å². The Labute approximate surface area is 131 Å². The molecule has 0 aliphatic heterocycles. The smallest absolute Gasteiger partial charge is 0.0237 e. The summed E-state index contributed by atoms with van der Waals surface area (Å²) >= 11 is 0. The SMILES string of the molecule is CC.CC.CCN(Cc1ccccc1)Cc1ccccc1. The van der Waals surface area contributed by atoms with Crippen molar-refractivity contribution in [2.75, 3.05) is 6.54 Å². The molecule has 0 aliphatic carbocycles. The van der Waals surface area contributed by atoms with Crippen molar-refractivity contribution in [1.29, 1.82) is 0 Å². The molecule has 0 saturated heterocycles. The van der Waals surface area contributed by atoms with Crippen LogP contribution in [0, 0.1) is 0 Å². The molecule has 21 heavy (non-hydrogen) atoms. The third-order valence-electron chi connectivity index (χ3n) is 2.95. The highest BCUT2D eigenvalue weighted by molar-refractivity contribution is 5.16. The summed E-state index contributed by atoms with van der Waals surface area (Å²) in [6.07, 6.45) is 0. The van der Waals surface area contributed by atoms with Crippen molar-refractivity contribution in [3.8, 4) is 0 Å². The van der Waals surface area contributed by atoms with E-state index in [1.165, 1.54) is 11.1 Å². The van der Waals surface area contributed by atoms with Gasteiger partial charge in [0.2, 0.25) is 0 Å². The van der Waals surface area contributed by atoms with E-state index in [-0.39, 0.29) is 0 Å². The Morgan fingerprint density at radius 2 is 0.952 bits per heavy atom. The van der Waals surface area contributed by atoms with Gasteiger partial charge in [0.15, 0.2) is 0 Å². The fraction of sp³-hybridized carbons (Fsp3) is 0.400. The Morgan fingerprint density at radius 1 is 0.619 bits per heavy atom. The molecule has 0 bridgehead atoms. The second-order valence-electron chi connectivity index (χ2n) is 4.27. The van der Waals surface area contributed by atoms with Crippen LogP contribution in [0.5, 0.6) is 0 Å². The molecule has 2 aromatic carbocycles. The standard InChI is InChI=1S/C16H19N.2C2H6/c1-2-17(13-15-9-5-3-6-10-15)14-16-11-7-4-8-12-16;2*1-2/h3-12H,2,13-14H2,1H3;2*1-2H3. The molecule has 0 unspecified atom stereocenters. The van der Waals surface area contributed by atoms with E-state index in [0.717, 1.165) is 19.6 Å². The van der Waals surface area contributed by atoms with Gasteiger partial charge in [-0.3, -0.25) is 4.90 Å². The summed E-state index contributed by atoms with van der Waals surface area (Å²) in [5, 5.41) is 0. The summed E-state index contributed by atoms with van der Waals surface area (Å²) in [5.74, 6) is 0. The molecule has 0 fully saturated rings. The first kappa shape index (κ1) is 19.4. The topological polar surface area (TPSA) is 3.24 Å². The Bertz CT molecular complexity index is 381. The van der Waals surface area contributed by atoms with Gasteiger partial charge in [-0.05, 0) is 17.7 Å². The maximum atomic E-state index is 2.45. The molecule has 0 heterocycles. The van der Waals surface area contributed by atoms with E-state index in [1.807, 2.05) is 27.7 Å². The summed E-state index contributed by atoms with van der Waals surface area (Å²) < 4.78 is 0. The summed E-state index contributed by atoms with van der Waals surface area (Å²) in [4.78, 5) is 2.45. The first-order valence-corrected chi connectivity index (χ1v) is 8.18. The van der Waals surface area contributed by atoms with E-state index in [9.17, 15) is 0 Å². The van der Waals surface area contributed by atoms with Crippen molar-refractivity contribution in [1.82, 2.24) is 4.90 Å². The Hall–Kier alpha value is -1.60. The highest BCUT2D eigenvalue weighted by Crippen LogP contribution is 2.09. The van der Waals surface area contributed by atoms with Gasteiger partial charge in [0.05, 0.1) is 0 Å². The lowest BCUT2D eigenvalue weighted by Crippen LogP contribution is -2.22. The Morgan fingerprint density at radius 3 is 1.24 bits per heavy atom. The number of hydrogen-bond donors (Lipinski definition) is 0. The first-order valence-electron chi connectivity index (χ1n) is 8.18. The van der Waals surface area contributed by atoms with Gasteiger partial charge in [-0.25, -0.2) is 0 Å². The molecular weight excluding hydrogens is 254 g/mol. The van der Waals surface area contributed by atoms with Gasteiger partial charge in [0, 0.05) is 13.1 Å². The van der Waals surface area contributed by atoms with Crippen LogP contribution in [0.3, 0.4) is 0 Å². The molecule has 0 radical (unpaired) electrons.